The van der Waals surface area contributed by atoms with Gasteiger partial charge in [-0.2, -0.15) is 0 Å². The van der Waals surface area contributed by atoms with E-state index in [1.165, 1.54) is 0 Å². The number of carbonyl (C=O) groups excluding carboxylic acids is 1. The lowest BCUT2D eigenvalue weighted by Gasteiger charge is -2.35. The van der Waals surface area contributed by atoms with E-state index in [0.29, 0.717) is 25.7 Å². The van der Waals surface area contributed by atoms with Gasteiger partial charge in [-0.3, -0.25) is 4.79 Å². The first-order valence-corrected chi connectivity index (χ1v) is 8.35. The van der Waals surface area contributed by atoms with E-state index in [4.69, 9.17) is 4.74 Å². The van der Waals surface area contributed by atoms with Crippen LogP contribution in [-0.2, 0) is 9.53 Å². The first-order valence-electron chi connectivity index (χ1n) is 8.35. The van der Waals surface area contributed by atoms with Crippen LogP contribution in [0.15, 0.2) is 0 Å². The Labute approximate surface area is 127 Å². The van der Waals surface area contributed by atoms with Crippen LogP contribution >= 0.6 is 0 Å². The van der Waals surface area contributed by atoms with E-state index in [0.717, 1.165) is 38.6 Å². The molecule has 0 bridgehead atoms. The van der Waals surface area contributed by atoms with Crippen molar-refractivity contribution in [2.24, 2.45) is 11.8 Å². The highest BCUT2D eigenvalue weighted by Gasteiger charge is 2.36. The molecule has 3 N–H and O–H groups in total. The van der Waals surface area contributed by atoms with Crippen molar-refractivity contribution in [2.75, 3.05) is 26.3 Å². The summed E-state index contributed by atoms with van der Waals surface area (Å²) in [5, 5.41) is 16.8. The second-order valence-electron chi connectivity index (χ2n) is 6.83. The van der Waals surface area contributed by atoms with E-state index in [9.17, 15) is 9.90 Å². The van der Waals surface area contributed by atoms with Crippen molar-refractivity contribution in [1.29, 1.82) is 0 Å². The lowest BCUT2D eigenvalue weighted by molar-refractivity contribution is -0.127. The summed E-state index contributed by atoms with van der Waals surface area (Å²) in [6, 6.07) is 0.103. The first-order chi connectivity index (χ1) is 10.0. The third kappa shape index (κ3) is 4.66. The molecule has 5 heteroatoms. The van der Waals surface area contributed by atoms with Crippen LogP contribution in [0.2, 0.25) is 0 Å². The van der Waals surface area contributed by atoms with Gasteiger partial charge in [0.05, 0.1) is 24.7 Å². The van der Waals surface area contributed by atoms with Crippen LogP contribution in [0.5, 0.6) is 0 Å². The van der Waals surface area contributed by atoms with Crippen molar-refractivity contribution in [3.8, 4) is 0 Å². The van der Waals surface area contributed by atoms with Crippen LogP contribution in [0.1, 0.15) is 46.0 Å². The molecule has 1 saturated heterocycles. The minimum Gasteiger partial charge on any atom is -0.388 e. The van der Waals surface area contributed by atoms with Gasteiger partial charge in [-0.25, -0.2) is 0 Å². The summed E-state index contributed by atoms with van der Waals surface area (Å²) in [6.07, 6.45) is 4.70. The number of hydrogen-bond acceptors (Lipinski definition) is 4. The Morgan fingerprint density at radius 2 is 2.05 bits per heavy atom. The fourth-order valence-electron chi connectivity index (χ4n) is 3.20. The number of rotatable bonds is 6. The van der Waals surface area contributed by atoms with Crippen LogP contribution in [0, 0.1) is 11.8 Å². The molecule has 1 heterocycles. The summed E-state index contributed by atoms with van der Waals surface area (Å²) in [4.78, 5) is 12.3. The SMILES string of the molecule is CCCNC1COCC1C(=O)NCC1(O)CCC(C)CC1. The van der Waals surface area contributed by atoms with E-state index in [-0.39, 0.29) is 17.9 Å². The Balaban J connectivity index is 1.78. The number of ether oxygens (including phenoxy) is 1. The summed E-state index contributed by atoms with van der Waals surface area (Å²) < 4.78 is 5.43. The van der Waals surface area contributed by atoms with Crippen LogP contribution in [0.25, 0.3) is 0 Å². The zero-order chi connectivity index (χ0) is 15.3. The van der Waals surface area contributed by atoms with E-state index in [1.54, 1.807) is 0 Å². The van der Waals surface area contributed by atoms with Crippen molar-refractivity contribution >= 4 is 5.91 Å². The summed E-state index contributed by atoms with van der Waals surface area (Å²) >= 11 is 0. The highest BCUT2D eigenvalue weighted by atomic mass is 16.5. The Kier molecular flexibility index (Phi) is 6.02. The molecule has 122 valence electrons. The molecule has 2 rings (SSSR count). The molecule has 0 aromatic heterocycles. The summed E-state index contributed by atoms with van der Waals surface area (Å²) in [7, 11) is 0. The maximum absolute atomic E-state index is 12.3. The van der Waals surface area contributed by atoms with Crippen molar-refractivity contribution in [2.45, 2.75) is 57.6 Å². The number of nitrogens with one attached hydrogen (secondary N) is 2. The second-order valence-corrected chi connectivity index (χ2v) is 6.83. The number of amides is 1. The smallest absolute Gasteiger partial charge is 0.227 e. The maximum Gasteiger partial charge on any atom is 0.227 e. The van der Waals surface area contributed by atoms with Gasteiger partial charge in [0.25, 0.3) is 0 Å². The molecule has 2 aliphatic rings. The third-order valence-electron chi connectivity index (χ3n) is 4.87. The number of carbonyl (C=O) groups is 1. The summed E-state index contributed by atoms with van der Waals surface area (Å²) in [6.45, 7) is 6.67. The normalized spacial score (nSPS) is 36.6. The molecule has 2 fully saturated rings. The molecule has 1 aliphatic heterocycles. The van der Waals surface area contributed by atoms with Crippen molar-refractivity contribution < 1.29 is 14.6 Å². The largest absolute Gasteiger partial charge is 0.388 e. The fraction of sp³-hybridized carbons (Fsp3) is 0.938. The Morgan fingerprint density at radius 3 is 2.71 bits per heavy atom. The highest BCUT2D eigenvalue weighted by molar-refractivity contribution is 5.80. The minimum absolute atomic E-state index is 0.00755. The number of aliphatic hydroxyl groups is 1. The van der Waals surface area contributed by atoms with Crippen molar-refractivity contribution in [3.05, 3.63) is 0 Å². The molecular weight excluding hydrogens is 268 g/mol. The lowest BCUT2D eigenvalue weighted by atomic mass is 9.79. The monoisotopic (exact) mass is 298 g/mol. The van der Waals surface area contributed by atoms with Crippen LogP contribution in [-0.4, -0.2) is 49.0 Å². The standard InChI is InChI=1S/C16H30N2O3/c1-3-8-17-14-10-21-9-13(14)15(19)18-11-16(20)6-4-12(2)5-7-16/h12-14,17,20H,3-11H2,1-2H3,(H,18,19). The summed E-state index contributed by atoms with van der Waals surface area (Å²) in [5.74, 6) is 0.558. The molecule has 0 aromatic rings. The second kappa shape index (κ2) is 7.56. The quantitative estimate of drug-likeness (QED) is 0.686. The van der Waals surface area contributed by atoms with Gasteiger partial charge in [0.2, 0.25) is 5.91 Å². The van der Waals surface area contributed by atoms with Gasteiger partial charge in [-0.05, 0) is 44.6 Å². The molecule has 1 aliphatic carbocycles. The van der Waals surface area contributed by atoms with Crippen LogP contribution < -0.4 is 10.6 Å². The molecule has 2 unspecified atom stereocenters. The molecule has 0 spiro atoms. The third-order valence-corrected chi connectivity index (χ3v) is 4.87. The highest BCUT2D eigenvalue weighted by Crippen LogP contribution is 2.31. The van der Waals surface area contributed by atoms with E-state index < -0.39 is 5.60 Å². The van der Waals surface area contributed by atoms with Gasteiger partial charge in [0.15, 0.2) is 0 Å². The Morgan fingerprint density at radius 1 is 1.33 bits per heavy atom. The minimum atomic E-state index is -0.714. The zero-order valence-corrected chi connectivity index (χ0v) is 13.4. The van der Waals surface area contributed by atoms with Gasteiger partial charge in [0, 0.05) is 12.6 Å². The Bertz CT molecular complexity index is 340. The molecule has 2 atom stereocenters. The van der Waals surface area contributed by atoms with Gasteiger partial charge < -0.3 is 20.5 Å². The fourth-order valence-corrected chi connectivity index (χ4v) is 3.20. The topological polar surface area (TPSA) is 70.6 Å². The van der Waals surface area contributed by atoms with Gasteiger partial charge >= 0.3 is 0 Å². The van der Waals surface area contributed by atoms with Crippen LogP contribution in [0.4, 0.5) is 0 Å². The maximum atomic E-state index is 12.3. The Hall–Kier alpha value is -0.650. The van der Waals surface area contributed by atoms with Gasteiger partial charge in [-0.1, -0.05) is 13.8 Å². The van der Waals surface area contributed by atoms with Gasteiger partial charge in [-0.15, -0.1) is 0 Å². The molecule has 1 saturated carbocycles. The van der Waals surface area contributed by atoms with Gasteiger partial charge in [0.1, 0.15) is 0 Å². The average molecular weight is 298 g/mol. The predicted octanol–water partition coefficient (Wildman–Crippen LogP) is 1.06. The predicted molar refractivity (Wildman–Crippen MR) is 82.0 cm³/mol. The molecule has 5 nitrogen and oxygen atoms in total. The van der Waals surface area contributed by atoms with Crippen LogP contribution in [0.3, 0.4) is 0 Å². The molecule has 0 radical (unpaired) electrons. The first kappa shape index (κ1) is 16.7. The summed E-state index contributed by atoms with van der Waals surface area (Å²) in [5.41, 5.74) is -0.714. The molecule has 1 amide bonds. The lowest BCUT2D eigenvalue weighted by Crippen LogP contribution is -2.50. The molecule has 0 aromatic carbocycles. The van der Waals surface area contributed by atoms with E-state index in [2.05, 4.69) is 24.5 Å². The number of hydrogen-bond donors (Lipinski definition) is 3. The average Bonchev–Trinajstić information content (AvgIpc) is 2.95. The van der Waals surface area contributed by atoms with Crippen molar-refractivity contribution in [1.82, 2.24) is 10.6 Å². The molecular formula is C16H30N2O3. The molecule has 21 heavy (non-hydrogen) atoms. The van der Waals surface area contributed by atoms with E-state index >= 15 is 0 Å². The zero-order valence-electron chi connectivity index (χ0n) is 13.4. The van der Waals surface area contributed by atoms with E-state index in [1.807, 2.05) is 0 Å². The van der Waals surface area contributed by atoms with Crippen molar-refractivity contribution in [3.63, 3.8) is 0 Å².